The number of nitrogens with one attached hydrogen (secondary N) is 1. The summed E-state index contributed by atoms with van der Waals surface area (Å²) in [6, 6.07) is 4.75. The molecule has 1 aliphatic rings. The van der Waals surface area contributed by atoms with E-state index in [9.17, 15) is 22.0 Å². The van der Waals surface area contributed by atoms with Gasteiger partial charge in [0, 0.05) is 11.6 Å². The lowest BCUT2D eigenvalue weighted by molar-refractivity contribution is 0.0893. The van der Waals surface area contributed by atoms with Crippen LogP contribution in [0.15, 0.2) is 29.2 Å². The lowest BCUT2D eigenvalue weighted by Gasteiger charge is -2.39. The zero-order valence-electron chi connectivity index (χ0n) is 15.5. The molecule has 1 aliphatic carbocycles. The first-order valence-electron chi connectivity index (χ1n) is 9.01. The molecule has 0 spiro atoms. The van der Waals surface area contributed by atoms with E-state index in [0.717, 1.165) is 44.2 Å². The van der Waals surface area contributed by atoms with Gasteiger partial charge < -0.3 is 5.32 Å². The topological polar surface area (TPSA) is 63.2 Å². The Hall–Kier alpha value is -1.50. The van der Waals surface area contributed by atoms with Crippen LogP contribution in [0.5, 0.6) is 0 Å². The molecule has 0 bridgehead atoms. The second kappa shape index (κ2) is 8.03. The fourth-order valence-electron chi connectivity index (χ4n) is 3.48. The molecule has 1 fully saturated rings. The third kappa shape index (κ3) is 4.61. The molecule has 0 saturated heterocycles. The van der Waals surface area contributed by atoms with E-state index < -0.39 is 20.5 Å². The molecule has 0 unspecified atom stereocenters. The molecule has 1 N–H and O–H groups in total. The Bertz CT molecular complexity index is 722. The molecule has 1 amide bonds. The summed E-state index contributed by atoms with van der Waals surface area (Å²) in [5.74, 6) is -3.12. The van der Waals surface area contributed by atoms with Gasteiger partial charge in [-0.1, -0.05) is 27.2 Å². The molecule has 2 rings (SSSR count). The SMILES string of the molecule is CCC(C)(C)C1CCC(NC(=O)c2ccc(S(=O)(=O)C(F)F)cc2)CC1. The van der Waals surface area contributed by atoms with Gasteiger partial charge in [-0.15, -0.1) is 0 Å². The lowest BCUT2D eigenvalue weighted by Crippen LogP contribution is -2.39. The number of carbonyl (C=O) groups excluding carboxylic acids is 1. The van der Waals surface area contributed by atoms with Gasteiger partial charge in [0.25, 0.3) is 5.91 Å². The third-order valence-electron chi connectivity index (χ3n) is 5.76. The van der Waals surface area contributed by atoms with Gasteiger partial charge >= 0.3 is 5.76 Å². The number of carbonyl (C=O) groups is 1. The van der Waals surface area contributed by atoms with Gasteiger partial charge in [0.2, 0.25) is 9.84 Å². The summed E-state index contributed by atoms with van der Waals surface area (Å²) in [6.07, 6.45) is 5.09. The van der Waals surface area contributed by atoms with Crippen molar-refractivity contribution in [1.82, 2.24) is 5.32 Å². The van der Waals surface area contributed by atoms with Gasteiger partial charge in [-0.2, -0.15) is 8.78 Å². The van der Waals surface area contributed by atoms with Crippen molar-refractivity contribution in [2.75, 3.05) is 0 Å². The second-order valence-electron chi connectivity index (χ2n) is 7.69. The van der Waals surface area contributed by atoms with E-state index in [1.165, 1.54) is 12.1 Å². The van der Waals surface area contributed by atoms with Crippen molar-refractivity contribution in [2.24, 2.45) is 11.3 Å². The van der Waals surface area contributed by atoms with Gasteiger partial charge in [0.1, 0.15) is 0 Å². The van der Waals surface area contributed by atoms with Crippen LogP contribution in [0.4, 0.5) is 8.78 Å². The molecule has 0 radical (unpaired) electrons. The quantitative estimate of drug-likeness (QED) is 0.786. The van der Waals surface area contributed by atoms with Crippen LogP contribution in [0.25, 0.3) is 0 Å². The van der Waals surface area contributed by atoms with Crippen molar-refractivity contribution in [3.63, 3.8) is 0 Å². The molecule has 0 atom stereocenters. The maximum absolute atomic E-state index is 12.5. The third-order valence-corrected chi connectivity index (χ3v) is 7.16. The highest BCUT2D eigenvalue weighted by atomic mass is 32.2. The first-order valence-corrected chi connectivity index (χ1v) is 10.6. The summed E-state index contributed by atoms with van der Waals surface area (Å²) >= 11 is 0. The Morgan fingerprint density at radius 1 is 1.15 bits per heavy atom. The van der Waals surface area contributed by atoms with Crippen molar-refractivity contribution in [3.05, 3.63) is 29.8 Å². The minimum Gasteiger partial charge on any atom is -0.349 e. The molecule has 1 aromatic rings. The zero-order valence-corrected chi connectivity index (χ0v) is 16.3. The fourth-order valence-corrected chi connectivity index (χ4v) is 4.20. The summed E-state index contributed by atoms with van der Waals surface area (Å²) in [5.41, 5.74) is 0.579. The minimum atomic E-state index is -4.63. The molecule has 0 aromatic heterocycles. The average molecular weight is 387 g/mol. The van der Waals surface area contributed by atoms with E-state index in [-0.39, 0.29) is 17.5 Å². The van der Waals surface area contributed by atoms with Gasteiger partial charge in [-0.3, -0.25) is 4.79 Å². The predicted octanol–water partition coefficient (Wildman–Crippen LogP) is 4.41. The number of amides is 1. The van der Waals surface area contributed by atoms with Crippen molar-refractivity contribution in [2.45, 2.75) is 69.6 Å². The summed E-state index contributed by atoms with van der Waals surface area (Å²) in [5, 5.41) is 2.97. The van der Waals surface area contributed by atoms with E-state index in [0.29, 0.717) is 11.3 Å². The summed E-state index contributed by atoms with van der Waals surface area (Å²) < 4.78 is 47.9. The van der Waals surface area contributed by atoms with Crippen LogP contribution in [0.1, 0.15) is 63.2 Å². The second-order valence-corrected chi connectivity index (χ2v) is 9.61. The van der Waals surface area contributed by atoms with Crippen molar-refractivity contribution in [3.8, 4) is 0 Å². The van der Waals surface area contributed by atoms with E-state index in [4.69, 9.17) is 0 Å². The molecule has 1 saturated carbocycles. The smallest absolute Gasteiger partial charge is 0.341 e. The van der Waals surface area contributed by atoms with E-state index in [1.807, 2.05) is 0 Å². The maximum atomic E-state index is 12.5. The highest BCUT2D eigenvalue weighted by molar-refractivity contribution is 7.91. The predicted molar refractivity (Wildman–Crippen MR) is 96.9 cm³/mol. The molecule has 4 nitrogen and oxygen atoms in total. The highest BCUT2D eigenvalue weighted by Gasteiger charge is 2.32. The standard InChI is InChI=1S/C19H27F2NO3S/c1-4-19(2,3)14-7-9-15(10-8-14)22-17(23)13-5-11-16(12-6-13)26(24,25)18(20)21/h5-6,11-12,14-15,18H,4,7-10H2,1-3H3,(H,22,23). The van der Waals surface area contributed by atoms with Gasteiger partial charge in [0.15, 0.2) is 0 Å². The van der Waals surface area contributed by atoms with Crippen LogP contribution in [0.2, 0.25) is 0 Å². The van der Waals surface area contributed by atoms with E-state index in [2.05, 4.69) is 26.1 Å². The first-order chi connectivity index (χ1) is 12.1. The molecule has 0 heterocycles. The molecule has 1 aromatic carbocycles. The Labute approximate surface area is 154 Å². The zero-order chi connectivity index (χ0) is 19.5. The molecule has 7 heteroatoms. The van der Waals surface area contributed by atoms with Crippen LogP contribution in [0.3, 0.4) is 0 Å². The number of rotatable bonds is 6. The maximum Gasteiger partial charge on any atom is 0.341 e. The number of hydrogen-bond donors (Lipinski definition) is 1. The molecule has 26 heavy (non-hydrogen) atoms. The number of alkyl halides is 2. The molecular weight excluding hydrogens is 360 g/mol. The number of benzene rings is 1. The van der Waals surface area contributed by atoms with Crippen molar-refractivity contribution < 1.29 is 22.0 Å². The largest absolute Gasteiger partial charge is 0.349 e. The Balaban J connectivity index is 1.95. The van der Waals surface area contributed by atoms with Crippen LogP contribution >= 0.6 is 0 Å². The number of halogens is 2. The molecule has 146 valence electrons. The minimum absolute atomic E-state index is 0.0934. The Kier molecular flexibility index (Phi) is 6.42. The van der Waals surface area contributed by atoms with Crippen LogP contribution in [0, 0.1) is 11.3 Å². The van der Waals surface area contributed by atoms with E-state index in [1.54, 1.807) is 0 Å². The summed E-state index contributed by atoms with van der Waals surface area (Å²) in [7, 11) is -4.63. The summed E-state index contributed by atoms with van der Waals surface area (Å²) in [6.45, 7) is 6.77. The lowest BCUT2D eigenvalue weighted by atomic mass is 9.69. The van der Waals surface area contributed by atoms with Crippen LogP contribution in [-0.2, 0) is 9.84 Å². The van der Waals surface area contributed by atoms with Crippen LogP contribution in [-0.4, -0.2) is 26.1 Å². The summed E-state index contributed by atoms with van der Waals surface area (Å²) in [4.78, 5) is 11.9. The first kappa shape index (κ1) is 20.8. The Morgan fingerprint density at radius 3 is 2.15 bits per heavy atom. The number of hydrogen-bond acceptors (Lipinski definition) is 3. The molecule has 0 aliphatic heterocycles. The fraction of sp³-hybridized carbons (Fsp3) is 0.632. The van der Waals surface area contributed by atoms with Gasteiger partial charge in [-0.25, -0.2) is 8.42 Å². The highest BCUT2D eigenvalue weighted by Crippen LogP contribution is 2.40. The monoisotopic (exact) mass is 387 g/mol. The average Bonchev–Trinajstić information content (AvgIpc) is 2.62. The van der Waals surface area contributed by atoms with Crippen LogP contribution < -0.4 is 5.32 Å². The van der Waals surface area contributed by atoms with Gasteiger partial charge in [-0.05, 0) is 61.3 Å². The number of sulfone groups is 1. The molecular formula is C19H27F2NO3S. The van der Waals surface area contributed by atoms with E-state index >= 15 is 0 Å². The van der Waals surface area contributed by atoms with Crippen molar-refractivity contribution in [1.29, 1.82) is 0 Å². The Morgan fingerprint density at radius 2 is 1.69 bits per heavy atom. The normalized spacial score (nSPS) is 21.6. The van der Waals surface area contributed by atoms with Gasteiger partial charge in [0.05, 0.1) is 4.90 Å². The van der Waals surface area contributed by atoms with Crippen molar-refractivity contribution >= 4 is 15.7 Å².